The Balaban J connectivity index is 1.55. The lowest BCUT2D eigenvalue weighted by Crippen LogP contribution is -2.22. The van der Waals surface area contributed by atoms with Crippen LogP contribution in [0.5, 0.6) is 0 Å². The SMILES string of the molecule is CCN(Cc1cccc(S(=O)(=O)O)c1)c1ccc(/C(=C2\C=CC(=[N+](CC)Cc3cccc(S(=O)(=O)O)c3)C=C2C)c2ccccc2Cl)c(C)c1. The molecular weight excluding hydrogens is 692 g/mol. The number of benzene rings is 4. The largest absolute Gasteiger partial charge is 0.367 e. The second-order valence-electron chi connectivity index (χ2n) is 12.1. The maximum Gasteiger partial charge on any atom is 0.294 e. The third-order valence-electron chi connectivity index (χ3n) is 8.74. The quantitative estimate of drug-likeness (QED) is 0.118. The molecule has 0 heterocycles. The van der Waals surface area contributed by atoms with Gasteiger partial charge in [-0.05, 0) is 110 Å². The first kappa shape index (κ1) is 36.9. The second kappa shape index (κ2) is 15.3. The first-order valence-corrected chi connectivity index (χ1v) is 19.4. The van der Waals surface area contributed by atoms with E-state index in [2.05, 4.69) is 59.8 Å². The van der Waals surface area contributed by atoms with Gasteiger partial charge in [-0.25, -0.2) is 4.58 Å². The molecule has 0 fully saturated rings. The van der Waals surface area contributed by atoms with Crippen molar-refractivity contribution in [3.8, 4) is 0 Å². The number of anilines is 1. The Kier molecular flexibility index (Phi) is 11.3. The molecule has 0 saturated heterocycles. The van der Waals surface area contributed by atoms with E-state index in [1.54, 1.807) is 12.1 Å². The van der Waals surface area contributed by atoms with E-state index < -0.39 is 20.2 Å². The van der Waals surface area contributed by atoms with Gasteiger partial charge < -0.3 is 4.90 Å². The fourth-order valence-electron chi connectivity index (χ4n) is 6.17. The van der Waals surface area contributed by atoms with Crippen molar-refractivity contribution in [1.29, 1.82) is 0 Å². The summed E-state index contributed by atoms with van der Waals surface area (Å²) < 4.78 is 68.1. The molecule has 4 aromatic carbocycles. The molecule has 260 valence electrons. The second-order valence-corrected chi connectivity index (χ2v) is 15.4. The van der Waals surface area contributed by atoms with Crippen LogP contribution in [-0.2, 0) is 33.3 Å². The van der Waals surface area contributed by atoms with Crippen LogP contribution in [0.1, 0.15) is 48.6 Å². The van der Waals surface area contributed by atoms with Crippen molar-refractivity contribution in [2.75, 3.05) is 18.0 Å². The van der Waals surface area contributed by atoms with Gasteiger partial charge in [0.1, 0.15) is 6.54 Å². The molecule has 0 aliphatic heterocycles. The van der Waals surface area contributed by atoms with Gasteiger partial charge in [-0.2, -0.15) is 16.8 Å². The molecule has 2 N–H and O–H groups in total. The monoisotopic (exact) mass is 731 g/mol. The molecular formula is C39H40ClN2O6S2+. The number of rotatable bonds is 11. The van der Waals surface area contributed by atoms with Gasteiger partial charge in [-0.1, -0.05) is 60.1 Å². The summed E-state index contributed by atoms with van der Waals surface area (Å²) in [5, 5.41) is 0.622. The Morgan fingerprint density at radius 1 is 0.760 bits per heavy atom. The summed E-state index contributed by atoms with van der Waals surface area (Å²) in [4.78, 5) is 1.87. The Labute approximate surface area is 299 Å². The highest BCUT2D eigenvalue weighted by molar-refractivity contribution is 7.86. The zero-order chi connectivity index (χ0) is 36.2. The number of allylic oxidation sites excluding steroid dienone is 5. The number of aryl methyl sites for hydroxylation is 1. The average Bonchev–Trinajstić information content (AvgIpc) is 3.07. The molecule has 0 aromatic heterocycles. The van der Waals surface area contributed by atoms with E-state index >= 15 is 0 Å². The average molecular weight is 732 g/mol. The number of hydrogen-bond acceptors (Lipinski definition) is 5. The number of hydrogen-bond donors (Lipinski definition) is 2. The lowest BCUT2D eigenvalue weighted by Gasteiger charge is -2.26. The fraction of sp³-hybridized carbons (Fsp3) is 0.205. The van der Waals surface area contributed by atoms with E-state index in [4.69, 9.17) is 11.6 Å². The topological polar surface area (TPSA) is 115 Å². The smallest absolute Gasteiger partial charge is 0.294 e. The van der Waals surface area contributed by atoms with Gasteiger partial charge in [0.2, 0.25) is 0 Å². The van der Waals surface area contributed by atoms with Crippen LogP contribution < -0.4 is 4.90 Å². The molecule has 5 rings (SSSR count). The summed E-state index contributed by atoms with van der Waals surface area (Å²) in [5.41, 5.74) is 9.40. The van der Waals surface area contributed by atoms with Gasteiger partial charge in [0.15, 0.2) is 12.3 Å². The van der Waals surface area contributed by atoms with Crippen molar-refractivity contribution in [1.82, 2.24) is 0 Å². The van der Waals surface area contributed by atoms with Crippen LogP contribution >= 0.6 is 11.6 Å². The van der Waals surface area contributed by atoms with E-state index in [0.717, 1.165) is 55.9 Å². The van der Waals surface area contributed by atoms with E-state index in [1.807, 2.05) is 50.2 Å². The van der Waals surface area contributed by atoms with Crippen LogP contribution in [-0.4, -0.2) is 49.3 Å². The van der Waals surface area contributed by atoms with Crippen molar-refractivity contribution in [2.24, 2.45) is 0 Å². The van der Waals surface area contributed by atoms with Crippen LogP contribution in [0.15, 0.2) is 130 Å². The van der Waals surface area contributed by atoms with Crippen molar-refractivity contribution in [2.45, 2.75) is 50.6 Å². The highest BCUT2D eigenvalue weighted by Crippen LogP contribution is 2.38. The minimum absolute atomic E-state index is 0.133. The molecule has 0 spiro atoms. The van der Waals surface area contributed by atoms with Crippen molar-refractivity contribution >= 4 is 48.8 Å². The first-order chi connectivity index (χ1) is 23.7. The molecule has 0 atom stereocenters. The van der Waals surface area contributed by atoms with Crippen molar-refractivity contribution in [3.05, 3.63) is 153 Å². The maximum absolute atomic E-state index is 11.7. The van der Waals surface area contributed by atoms with Gasteiger partial charge >= 0.3 is 0 Å². The predicted molar refractivity (Wildman–Crippen MR) is 200 cm³/mol. The molecule has 0 bridgehead atoms. The third-order valence-corrected chi connectivity index (χ3v) is 10.8. The van der Waals surface area contributed by atoms with Gasteiger partial charge in [0.05, 0.1) is 9.79 Å². The van der Waals surface area contributed by atoms with Crippen LogP contribution in [0, 0.1) is 6.92 Å². The molecule has 1 aliphatic rings. The Hall–Kier alpha value is -4.32. The van der Waals surface area contributed by atoms with Crippen LogP contribution in [0.3, 0.4) is 0 Å². The van der Waals surface area contributed by atoms with Crippen LogP contribution in [0.4, 0.5) is 5.69 Å². The molecule has 11 heteroatoms. The van der Waals surface area contributed by atoms with Crippen molar-refractivity contribution < 1.29 is 30.5 Å². The van der Waals surface area contributed by atoms with Gasteiger partial charge in [-0.15, -0.1) is 0 Å². The van der Waals surface area contributed by atoms with Crippen molar-refractivity contribution in [3.63, 3.8) is 0 Å². The summed E-state index contributed by atoms with van der Waals surface area (Å²) in [5.74, 6) is 0. The molecule has 0 radical (unpaired) electrons. The van der Waals surface area contributed by atoms with Crippen LogP contribution in [0.2, 0.25) is 5.02 Å². The Morgan fingerprint density at radius 2 is 1.40 bits per heavy atom. The Morgan fingerprint density at radius 3 is 1.98 bits per heavy atom. The fourth-order valence-corrected chi connectivity index (χ4v) is 7.50. The van der Waals surface area contributed by atoms with E-state index in [-0.39, 0.29) is 9.79 Å². The standard InChI is InChI=1S/C39H39ClN2O6S2/c1-5-41(25-29-11-9-13-33(23-29)49(43,44)45)31-17-19-35(27(3)21-31)39(37-15-7-8-16-38(37)40)36-20-18-32(22-28(36)4)42(6-2)26-30-12-10-14-34(24-30)50(46,47)48/h7-24H,5-6,25-26H2,1-4H3,(H-,43,44,45,46,47,48)/p+1. The van der Waals surface area contributed by atoms with E-state index in [1.165, 1.54) is 24.3 Å². The minimum atomic E-state index is -4.31. The summed E-state index contributed by atoms with van der Waals surface area (Å²) in [6.45, 7) is 10.4. The predicted octanol–water partition coefficient (Wildman–Crippen LogP) is 8.16. The van der Waals surface area contributed by atoms with E-state index in [0.29, 0.717) is 31.2 Å². The molecule has 4 aromatic rings. The molecule has 0 saturated carbocycles. The maximum atomic E-state index is 11.7. The molecule has 1 aliphatic carbocycles. The zero-order valence-electron chi connectivity index (χ0n) is 28.3. The number of halogens is 1. The normalized spacial score (nSPS) is 15.5. The zero-order valence-corrected chi connectivity index (χ0v) is 30.7. The van der Waals surface area contributed by atoms with Crippen LogP contribution in [0.25, 0.3) is 5.57 Å². The summed E-state index contributed by atoms with van der Waals surface area (Å²) in [7, 11) is -8.61. The summed E-state index contributed by atoms with van der Waals surface area (Å²) >= 11 is 6.84. The molecule has 8 nitrogen and oxygen atoms in total. The lowest BCUT2D eigenvalue weighted by molar-refractivity contribution is -0.539. The first-order valence-electron chi connectivity index (χ1n) is 16.2. The van der Waals surface area contributed by atoms with Gasteiger partial charge in [0.25, 0.3) is 20.2 Å². The highest BCUT2D eigenvalue weighted by atomic mass is 35.5. The number of nitrogens with zero attached hydrogens (tertiary/aromatic N) is 2. The Bertz CT molecular complexity index is 2290. The molecule has 0 unspecified atom stereocenters. The molecule has 0 amide bonds. The van der Waals surface area contributed by atoms with E-state index in [9.17, 15) is 25.9 Å². The van der Waals surface area contributed by atoms with Gasteiger partial charge in [-0.3, -0.25) is 9.11 Å². The third kappa shape index (κ3) is 8.51. The minimum Gasteiger partial charge on any atom is -0.367 e. The summed E-state index contributed by atoms with van der Waals surface area (Å²) in [6, 6.07) is 26.7. The molecule has 50 heavy (non-hydrogen) atoms. The van der Waals surface area contributed by atoms with Gasteiger partial charge in [0, 0.05) is 47.1 Å². The summed E-state index contributed by atoms with van der Waals surface area (Å²) in [6.07, 6.45) is 6.26. The lowest BCUT2D eigenvalue weighted by atomic mass is 9.85. The highest BCUT2D eigenvalue weighted by Gasteiger charge is 2.22.